The number of hydrogen-bond acceptors (Lipinski definition) is 4. The van der Waals surface area contributed by atoms with Crippen molar-refractivity contribution in [3.63, 3.8) is 0 Å². The zero-order valence-electron chi connectivity index (χ0n) is 76.5. The molecule has 0 saturated heterocycles. The van der Waals surface area contributed by atoms with Gasteiger partial charge in [0.2, 0.25) is 0 Å². The van der Waals surface area contributed by atoms with Gasteiger partial charge in [0.15, 0.2) is 0 Å². The van der Waals surface area contributed by atoms with Gasteiger partial charge in [0, 0.05) is 6.21 Å². The Morgan fingerprint density at radius 2 is 0.518 bits per heavy atom. The second kappa shape index (κ2) is 79.3. The third-order valence-electron chi connectivity index (χ3n) is 22.6. The van der Waals surface area contributed by atoms with Gasteiger partial charge in [-0.3, -0.25) is 9.98 Å². The Bertz CT molecular complexity index is 3070. The molecule has 4 nitrogen and oxygen atoms in total. The van der Waals surface area contributed by atoms with Crippen LogP contribution in [0.25, 0.3) is 0 Å². The van der Waals surface area contributed by atoms with Crippen LogP contribution in [0.1, 0.15) is 466 Å². The molecule has 0 spiro atoms. The van der Waals surface area contributed by atoms with Crippen LogP contribution in [-0.4, -0.2) is 11.9 Å². The van der Waals surface area contributed by atoms with Gasteiger partial charge in [-0.25, -0.2) is 0 Å². The summed E-state index contributed by atoms with van der Waals surface area (Å²) in [6.45, 7) is 24.9. The Morgan fingerprint density at radius 1 is 0.254 bits per heavy atom. The van der Waals surface area contributed by atoms with E-state index in [4.69, 9.17) is 9.98 Å². The summed E-state index contributed by atoms with van der Waals surface area (Å²) in [7, 11) is 0. The predicted molar refractivity (Wildman–Crippen MR) is 506 cm³/mol. The molecule has 0 atom stereocenters. The molecule has 0 aliphatic rings. The van der Waals surface area contributed by atoms with Crippen LogP contribution in [0.4, 0.5) is 11.4 Å². The molecule has 0 aliphatic heterocycles. The van der Waals surface area contributed by atoms with Crippen LogP contribution < -0.4 is 10.2 Å². The molecule has 646 valence electrons. The normalized spacial score (nSPS) is 12.3. The molecule has 114 heavy (non-hydrogen) atoms. The van der Waals surface area contributed by atoms with Gasteiger partial charge in [-0.05, 0) is 345 Å². The van der Waals surface area contributed by atoms with Gasteiger partial charge >= 0.3 is 20.4 Å². The molecule has 0 radical (unpaired) electrons. The number of unbranched alkanes of at least 4 members (excludes halogenated alkanes) is 33. The van der Waals surface area contributed by atoms with E-state index in [1.807, 2.05) is 6.92 Å². The van der Waals surface area contributed by atoms with Crippen LogP contribution in [0, 0.1) is 0 Å². The van der Waals surface area contributed by atoms with Crippen LogP contribution in [0.15, 0.2) is 131 Å². The fourth-order valence-corrected chi connectivity index (χ4v) is 15.7. The summed E-state index contributed by atoms with van der Waals surface area (Å²) in [5.74, 6) is -0.690. The molecular weight excluding hydrogens is 1480 g/mol. The van der Waals surface area contributed by atoms with Crippen molar-refractivity contribution in [2.24, 2.45) is 9.98 Å². The number of aryl methyl sites for hydroxylation is 3. The molecule has 0 bridgehead atoms. The van der Waals surface area contributed by atoms with Crippen LogP contribution in [-0.2, 0) is 84.6 Å². The molecule has 0 aromatic heterocycles. The molecule has 0 heterocycles. The number of benzene rings is 3. The summed E-state index contributed by atoms with van der Waals surface area (Å²) in [5.41, 5.74) is 18.3. The Labute approximate surface area is 721 Å². The van der Waals surface area contributed by atoms with Crippen LogP contribution in [0.3, 0.4) is 0 Å². The Morgan fingerprint density at radius 3 is 0.807 bits per heavy atom. The fourth-order valence-electron chi connectivity index (χ4n) is 15.7. The van der Waals surface area contributed by atoms with Crippen molar-refractivity contribution in [3.05, 3.63) is 177 Å². The third-order valence-corrected chi connectivity index (χ3v) is 22.6. The maximum atomic E-state index is 11.4. The standard InChI is InChI=1S/C98H164N2.C11H16O2.Pd/c1-10-19-28-36-44-52-60-68-76-88-85-97(95(83-74-66-58-50-42-34-25-16-7)93(81-72-64-56-48-40-32-23-14-5)91(88)79-70-62-54-46-38-30-21-12-3)99-87-90(78-27-18-9)100-98-86-89(77-69-61-53-45-37-29-20-11-2)92(80-71-63-55-47-39-31-22-13-4)94(82-73-65-57-49-41-33-24-15-6)96(98)84-75-67-59-51-43-35-26-17-8;1-3-5-8-6-7-10(12)11(13)9(8)4-2;/h44-59,85-87H,10-43,60-84H2,1-9H3;6-7,12-13H,3-5H2,1-2H3;/q;;+2/p-2/b52-44+,53-45+,54-46+,55-47+,56-48+,57-49+,58-50+,59-51+,99-87+,100-90+;;. The maximum absolute atomic E-state index is 11.4. The fraction of sp³-hybridized carbons (Fsp3) is 0.670. The summed E-state index contributed by atoms with van der Waals surface area (Å²) < 4.78 is 0. The monoisotopic (exact) mass is 1650 g/mol. The van der Waals surface area contributed by atoms with Gasteiger partial charge in [0.1, 0.15) is 0 Å². The second-order valence-corrected chi connectivity index (χ2v) is 33.0. The van der Waals surface area contributed by atoms with Crippen molar-refractivity contribution in [3.8, 4) is 11.5 Å². The first-order valence-corrected chi connectivity index (χ1v) is 48.8. The van der Waals surface area contributed by atoms with Crippen LogP contribution in [0.5, 0.6) is 11.5 Å². The van der Waals surface area contributed by atoms with E-state index in [0.29, 0.717) is 12.0 Å². The van der Waals surface area contributed by atoms with Crippen LogP contribution in [0.2, 0.25) is 0 Å². The minimum absolute atomic E-state index is 0. The van der Waals surface area contributed by atoms with E-state index in [1.54, 1.807) is 45.0 Å². The van der Waals surface area contributed by atoms with Crippen molar-refractivity contribution < 1.29 is 30.6 Å². The number of nitrogens with zero attached hydrogens (tertiary/aromatic N) is 2. The number of hydrogen-bond donors (Lipinski definition) is 0. The summed E-state index contributed by atoms with van der Waals surface area (Å²) >= 11 is 0. The third kappa shape index (κ3) is 53.6. The zero-order valence-corrected chi connectivity index (χ0v) is 78.0. The van der Waals surface area contributed by atoms with Gasteiger partial charge in [0.25, 0.3) is 0 Å². The van der Waals surface area contributed by atoms with Gasteiger partial charge in [-0.2, -0.15) is 0 Å². The first-order valence-electron chi connectivity index (χ1n) is 48.8. The van der Waals surface area contributed by atoms with Crippen molar-refractivity contribution in [1.29, 1.82) is 0 Å². The van der Waals surface area contributed by atoms with Gasteiger partial charge in [-0.15, -0.1) is 11.5 Å². The van der Waals surface area contributed by atoms with E-state index in [-0.39, 0.29) is 31.9 Å². The molecule has 0 unspecified atom stereocenters. The average Bonchev–Trinajstić information content (AvgIpc) is 0.780. The Hall–Kier alpha value is -4.82. The first-order chi connectivity index (χ1) is 55.7. The molecule has 3 rings (SSSR count). The minimum atomic E-state index is -0.378. The van der Waals surface area contributed by atoms with E-state index in [2.05, 4.69) is 185 Å². The molecule has 0 saturated carbocycles. The molecule has 5 heteroatoms. The van der Waals surface area contributed by atoms with Gasteiger partial charge < -0.3 is 10.2 Å². The van der Waals surface area contributed by atoms with E-state index in [0.717, 1.165) is 153 Å². The SMILES string of the molecule is CCCCC/C=C/CCCc1cc(/N=C/C(CCCC)=N/c2cc(CCC/C=C/CCCCC)c(CCC/C=C/CCCCC)c(CCC/C=C/CCCCC)c2CCC/C=C/CCCCC)c(CCC/C=C/CCCCC)c(CCC/C=C/CCCCC)c1CCC/C=C/CCCCC.CCCc1ccc([O-])c([O-])c1CC.[Pd+2]. The molecule has 3 aromatic carbocycles. The first kappa shape index (κ1) is 107. The van der Waals surface area contributed by atoms with E-state index >= 15 is 0 Å². The van der Waals surface area contributed by atoms with Crippen molar-refractivity contribution in [2.75, 3.05) is 0 Å². The Kier molecular flexibility index (Phi) is 74.6. The van der Waals surface area contributed by atoms with E-state index in [1.165, 1.54) is 273 Å². The molecule has 0 fully saturated rings. The summed E-state index contributed by atoms with van der Waals surface area (Å²) in [4.78, 5) is 12.0. The zero-order chi connectivity index (χ0) is 81.8. The van der Waals surface area contributed by atoms with Gasteiger partial charge in [0.05, 0.1) is 17.1 Å². The minimum Gasteiger partial charge on any atom is -0.873 e. The van der Waals surface area contributed by atoms with Crippen molar-refractivity contribution in [2.45, 2.75) is 474 Å². The number of allylic oxidation sites excluding steroid dienone is 16. The summed E-state index contributed by atoms with van der Waals surface area (Å²) in [5, 5.41) is 22.4. The van der Waals surface area contributed by atoms with Crippen molar-refractivity contribution >= 4 is 23.3 Å². The van der Waals surface area contributed by atoms with E-state index in [9.17, 15) is 10.2 Å². The molecule has 0 amide bonds. The largest absolute Gasteiger partial charge is 2.00 e. The second-order valence-electron chi connectivity index (χ2n) is 33.0. The number of aliphatic imine (C=N–C) groups is 2. The number of rotatable bonds is 73. The molecule has 3 aromatic rings. The molecule has 0 N–H and O–H groups in total. The average molecular weight is 1660 g/mol. The van der Waals surface area contributed by atoms with Gasteiger partial charge in [-0.1, -0.05) is 307 Å². The summed E-state index contributed by atoms with van der Waals surface area (Å²) in [6, 6.07) is 8.44. The summed E-state index contributed by atoms with van der Waals surface area (Å²) in [6.07, 6.45) is 117. The quantitative estimate of drug-likeness (QED) is 0.0245. The maximum Gasteiger partial charge on any atom is 2.00 e. The predicted octanol–water partition coefficient (Wildman–Crippen LogP) is 34.4. The smallest absolute Gasteiger partial charge is 0.873 e. The van der Waals surface area contributed by atoms with Crippen molar-refractivity contribution in [1.82, 2.24) is 0 Å². The van der Waals surface area contributed by atoms with Crippen LogP contribution >= 0.6 is 0 Å². The Balaban J connectivity index is 0.00000419. The molecule has 0 aliphatic carbocycles. The topological polar surface area (TPSA) is 70.8 Å². The van der Waals surface area contributed by atoms with E-state index < -0.39 is 0 Å². The molecular formula is C109H178N2O2Pd.